The molecule has 0 aliphatic carbocycles. The van der Waals surface area contributed by atoms with Crippen molar-refractivity contribution >= 4 is 64.6 Å². The van der Waals surface area contributed by atoms with Gasteiger partial charge in [0.2, 0.25) is 0 Å². The Labute approximate surface area is 170 Å². The van der Waals surface area contributed by atoms with Gasteiger partial charge in [-0.05, 0) is 67.4 Å². The zero-order valence-electron chi connectivity index (χ0n) is 15.9. The van der Waals surface area contributed by atoms with Crippen LogP contribution in [0.1, 0.15) is 0 Å². The van der Waals surface area contributed by atoms with E-state index >= 15 is 0 Å². The van der Waals surface area contributed by atoms with E-state index in [9.17, 15) is 9.59 Å². The Hall–Kier alpha value is -4.04. The molecule has 0 radical (unpaired) electrons. The summed E-state index contributed by atoms with van der Waals surface area (Å²) < 4.78 is 0. The van der Waals surface area contributed by atoms with E-state index in [1.807, 2.05) is 54.6 Å². The second kappa shape index (κ2) is 5.31. The van der Waals surface area contributed by atoms with Gasteiger partial charge in [-0.15, -0.1) is 0 Å². The van der Waals surface area contributed by atoms with Crippen molar-refractivity contribution in [1.29, 1.82) is 0 Å². The van der Waals surface area contributed by atoms with Gasteiger partial charge in [-0.2, -0.15) is 0 Å². The standard InChI is InChI=1S/C28H14O2/c29-27-22-8-4-3-7-19(22)20-9-10-21-23-13-17-11-15-5-1-2-6-16(15)12-18(17)14-24(23)28(30)26(21)25(20)27/h1-14H. The first-order valence-corrected chi connectivity index (χ1v) is 10.0. The van der Waals surface area contributed by atoms with Crippen molar-refractivity contribution in [3.8, 4) is 0 Å². The van der Waals surface area contributed by atoms with Crippen LogP contribution in [0.3, 0.4) is 0 Å². The van der Waals surface area contributed by atoms with Gasteiger partial charge in [-0.25, -0.2) is 0 Å². The zero-order chi connectivity index (χ0) is 20.0. The molecule has 0 amide bonds. The van der Waals surface area contributed by atoms with Crippen LogP contribution in [0.4, 0.5) is 0 Å². The minimum atomic E-state index is -0.0481. The van der Waals surface area contributed by atoms with Crippen molar-refractivity contribution in [1.82, 2.24) is 0 Å². The van der Waals surface area contributed by atoms with Gasteiger partial charge in [0.1, 0.15) is 0 Å². The van der Waals surface area contributed by atoms with Crippen LogP contribution in [0.2, 0.25) is 0 Å². The first-order chi connectivity index (χ1) is 14.7. The van der Waals surface area contributed by atoms with Crippen LogP contribution in [0.15, 0.2) is 94.5 Å². The molecule has 2 nitrogen and oxygen atoms in total. The maximum absolute atomic E-state index is 13.5. The van der Waals surface area contributed by atoms with Gasteiger partial charge < -0.3 is 0 Å². The number of hydrogen-bond acceptors (Lipinski definition) is 2. The molecule has 0 unspecified atom stereocenters. The van der Waals surface area contributed by atoms with Crippen molar-refractivity contribution in [2.24, 2.45) is 0 Å². The first-order valence-electron chi connectivity index (χ1n) is 10.0. The number of rotatable bonds is 0. The molecule has 30 heavy (non-hydrogen) atoms. The third-order valence-electron chi connectivity index (χ3n) is 6.50. The van der Waals surface area contributed by atoms with E-state index in [1.54, 1.807) is 0 Å². The largest absolute Gasteiger partial charge is 0.289 e. The summed E-state index contributed by atoms with van der Waals surface area (Å²) in [6, 6.07) is 28.2. The predicted molar refractivity (Wildman–Crippen MR) is 126 cm³/mol. The smallest absolute Gasteiger partial charge is 0.195 e. The van der Waals surface area contributed by atoms with Crippen molar-refractivity contribution in [2.45, 2.75) is 0 Å². The maximum atomic E-state index is 13.5. The lowest BCUT2D eigenvalue weighted by Crippen LogP contribution is -2.00. The number of fused-ring (bicyclic) bond motifs is 9. The number of benzene rings is 5. The molecule has 2 heteroatoms. The Kier molecular flexibility index (Phi) is 2.80. The van der Waals surface area contributed by atoms with E-state index in [0.717, 1.165) is 37.7 Å². The van der Waals surface area contributed by atoms with E-state index in [2.05, 4.69) is 30.3 Å². The average molecular weight is 382 g/mol. The topological polar surface area (TPSA) is 34.1 Å². The third kappa shape index (κ3) is 1.84. The van der Waals surface area contributed by atoms with Crippen molar-refractivity contribution in [3.05, 3.63) is 105 Å². The van der Waals surface area contributed by atoms with Crippen molar-refractivity contribution in [2.75, 3.05) is 0 Å². The van der Waals surface area contributed by atoms with E-state index in [1.165, 1.54) is 5.39 Å². The highest BCUT2D eigenvalue weighted by Crippen LogP contribution is 2.35. The SMILES string of the molecule is O=c1c2ccccc2c2ccc3c4cc5cc6ccccc6cc5cc4c(=O)c3c12. The van der Waals surface area contributed by atoms with Crippen LogP contribution in [-0.2, 0) is 0 Å². The third-order valence-corrected chi connectivity index (χ3v) is 6.50. The minimum absolute atomic E-state index is 0.0473. The van der Waals surface area contributed by atoms with Gasteiger partial charge in [-0.1, -0.05) is 60.7 Å². The average Bonchev–Trinajstić information content (AvgIpc) is 3.23. The first kappa shape index (κ1) is 15.8. The molecule has 0 spiro atoms. The summed E-state index contributed by atoms with van der Waals surface area (Å²) in [6.07, 6.45) is 0. The molecule has 0 saturated heterocycles. The quantitative estimate of drug-likeness (QED) is 0.293. The van der Waals surface area contributed by atoms with E-state index in [-0.39, 0.29) is 10.9 Å². The van der Waals surface area contributed by atoms with Crippen LogP contribution in [0.25, 0.3) is 64.6 Å². The van der Waals surface area contributed by atoms with Crippen LogP contribution >= 0.6 is 0 Å². The van der Waals surface area contributed by atoms with E-state index < -0.39 is 0 Å². The van der Waals surface area contributed by atoms with Crippen LogP contribution < -0.4 is 10.9 Å². The lowest BCUT2D eigenvalue weighted by molar-refractivity contribution is 1.79. The molecule has 0 N–H and O–H groups in total. The molecular weight excluding hydrogens is 368 g/mol. The minimum Gasteiger partial charge on any atom is -0.289 e. The van der Waals surface area contributed by atoms with Crippen molar-refractivity contribution < 1.29 is 0 Å². The normalized spacial score (nSPS) is 12.3. The molecule has 0 aliphatic heterocycles. The Bertz CT molecular complexity index is 1930. The molecule has 7 rings (SSSR count). The fourth-order valence-corrected chi connectivity index (χ4v) is 5.11. The highest BCUT2D eigenvalue weighted by atomic mass is 16.1. The molecule has 0 bridgehead atoms. The Balaban J connectivity index is 1.73. The molecule has 0 saturated carbocycles. The fourth-order valence-electron chi connectivity index (χ4n) is 5.11. The lowest BCUT2D eigenvalue weighted by atomic mass is 10.0. The lowest BCUT2D eigenvalue weighted by Gasteiger charge is -2.03. The van der Waals surface area contributed by atoms with E-state index in [0.29, 0.717) is 21.5 Å². The Morgan fingerprint density at radius 3 is 1.53 bits per heavy atom. The monoisotopic (exact) mass is 382 g/mol. The fraction of sp³-hybridized carbons (Fsp3) is 0. The summed E-state index contributed by atoms with van der Waals surface area (Å²) in [5, 5.41) is 10.5. The van der Waals surface area contributed by atoms with Gasteiger partial charge in [-0.3, -0.25) is 9.59 Å². The van der Waals surface area contributed by atoms with Crippen LogP contribution in [0, 0.1) is 0 Å². The van der Waals surface area contributed by atoms with Crippen molar-refractivity contribution in [3.63, 3.8) is 0 Å². The highest BCUT2D eigenvalue weighted by molar-refractivity contribution is 6.27. The molecule has 0 atom stereocenters. The molecule has 7 aromatic carbocycles. The predicted octanol–water partition coefficient (Wildman–Crippen LogP) is 6.20. The van der Waals surface area contributed by atoms with E-state index in [4.69, 9.17) is 0 Å². The second-order valence-corrected chi connectivity index (χ2v) is 8.06. The Morgan fingerprint density at radius 1 is 0.367 bits per heavy atom. The zero-order valence-corrected chi connectivity index (χ0v) is 15.9. The van der Waals surface area contributed by atoms with Gasteiger partial charge >= 0.3 is 0 Å². The highest BCUT2D eigenvalue weighted by Gasteiger charge is 2.19. The molecule has 0 aromatic heterocycles. The molecule has 0 heterocycles. The Morgan fingerprint density at radius 2 is 0.867 bits per heavy atom. The molecule has 0 aliphatic rings. The van der Waals surface area contributed by atoms with Gasteiger partial charge in [0.15, 0.2) is 10.9 Å². The summed E-state index contributed by atoms with van der Waals surface area (Å²) in [5.74, 6) is 0. The summed E-state index contributed by atoms with van der Waals surface area (Å²) in [7, 11) is 0. The summed E-state index contributed by atoms with van der Waals surface area (Å²) >= 11 is 0. The number of hydrogen-bond donors (Lipinski definition) is 0. The van der Waals surface area contributed by atoms with Gasteiger partial charge in [0.05, 0.1) is 0 Å². The van der Waals surface area contributed by atoms with Crippen LogP contribution in [-0.4, -0.2) is 0 Å². The summed E-state index contributed by atoms with van der Waals surface area (Å²) in [4.78, 5) is 26.7. The van der Waals surface area contributed by atoms with Crippen LogP contribution in [0.5, 0.6) is 0 Å². The molecule has 7 aromatic rings. The summed E-state index contributed by atoms with van der Waals surface area (Å²) in [5.41, 5.74) is -0.0954. The molecule has 138 valence electrons. The van der Waals surface area contributed by atoms with Gasteiger partial charge in [0.25, 0.3) is 0 Å². The van der Waals surface area contributed by atoms with Gasteiger partial charge in [0, 0.05) is 21.5 Å². The second-order valence-electron chi connectivity index (χ2n) is 8.06. The molecular formula is C28H14O2. The maximum Gasteiger partial charge on any atom is 0.195 e. The molecule has 0 fully saturated rings. The summed E-state index contributed by atoms with van der Waals surface area (Å²) in [6.45, 7) is 0.